The molecule has 2 N–H and O–H groups in total. The first-order valence-electron chi connectivity index (χ1n) is 18.0. The zero-order valence-electron chi connectivity index (χ0n) is 30.8. The Kier molecular flexibility index (Phi) is 54.3. The van der Waals surface area contributed by atoms with Crippen LogP contribution >= 0.6 is 0 Å². The normalized spacial score (nSPS) is 10.3. The molecule has 0 aromatic heterocycles. The Labute approximate surface area is 302 Å². The molecule has 0 aliphatic rings. The molecule has 0 aromatic rings. The van der Waals surface area contributed by atoms with Crippen LogP contribution in [0.1, 0.15) is 222 Å². The van der Waals surface area contributed by atoms with Crippen LogP contribution in [0.5, 0.6) is 0 Å². The maximum absolute atomic E-state index is 10.3. The summed E-state index contributed by atoms with van der Waals surface area (Å²) in [5.74, 6) is -1.31. The summed E-state index contributed by atoms with van der Waals surface area (Å²) >= 11 is 0. The van der Waals surface area contributed by atoms with E-state index in [9.17, 15) is 9.59 Å². The van der Waals surface area contributed by atoms with Crippen LogP contribution in [-0.4, -0.2) is 72.5 Å². The Balaban J connectivity index is -0.000000150. The summed E-state index contributed by atoms with van der Waals surface area (Å²) in [5.41, 5.74) is 0. The summed E-state index contributed by atoms with van der Waals surface area (Å²) in [6.45, 7) is 4.54. The van der Waals surface area contributed by atoms with E-state index in [1.165, 1.54) is 167 Å². The molecule has 0 fully saturated rings. The molecule has 0 aliphatic heterocycles. The molecule has 0 unspecified atom stereocenters. The second-order valence-electron chi connectivity index (χ2n) is 12.2. The summed E-state index contributed by atoms with van der Waals surface area (Å²) in [7, 11) is 0. The molecule has 0 bridgehead atoms. The number of hydrogen-bond donors (Lipinski definition) is 2. The molecule has 4 nitrogen and oxygen atoms in total. The van der Waals surface area contributed by atoms with Crippen LogP contribution in [0, 0.1) is 0 Å². The SMILES string of the molecule is CCCCCCCCCCCCCCCCCC(=O)O.CCCCCCCCCCCCCCCCCC(=O)O.[H-].[H-].[Mg+2].[PbH2]. The second-order valence-corrected chi connectivity index (χ2v) is 12.2. The van der Waals surface area contributed by atoms with E-state index < -0.39 is 11.9 Å². The van der Waals surface area contributed by atoms with Gasteiger partial charge in [0.25, 0.3) is 0 Å². The van der Waals surface area contributed by atoms with Crippen molar-refractivity contribution >= 4 is 62.3 Å². The van der Waals surface area contributed by atoms with Gasteiger partial charge in [-0.15, -0.1) is 0 Å². The third kappa shape index (κ3) is 53.2. The fourth-order valence-corrected chi connectivity index (χ4v) is 5.30. The van der Waals surface area contributed by atoms with E-state index in [1.807, 2.05) is 0 Å². The Morgan fingerprint density at radius 3 is 0.643 bits per heavy atom. The molecule has 0 saturated carbocycles. The zero-order valence-corrected chi connectivity index (χ0v) is 35.7. The molecule has 2 radical (unpaired) electrons. The maximum atomic E-state index is 10.3. The fourth-order valence-electron chi connectivity index (χ4n) is 5.30. The van der Waals surface area contributed by atoms with E-state index in [4.69, 9.17) is 10.2 Å². The predicted octanol–water partition coefficient (Wildman–Crippen LogP) is 11.6. The van der Waals surface area contributed by atoms with Crippen LogP contribution in [0.25, 0.3) is 0 Å². The molecule has 6 heteroatoms. The third-order valence-corrected chi connectivity index (χ3v) is 7.99. The number of hydrogen-bond acceptors (Lipinski definition) is 2. The first-order valence-corrected chi connectivity index (χ1v) is 18.0. The van der Waals surface area contributed by atoms with Crippen LogP contribution in [0.4, 0.5) is 0 Å². The number of carbonyl (C=O) groups is 2. The summed E-state index contributed by atoms with van der Waals surface area (Å²) in [5, 5.41) is 17.0. The molecule has 0 heterocycles. The zero-order chi connectivity index (χ0) is 29.8. The summed E-state index contributed by atoms with van der Waals surface area (Å²) in [4.78, 5) is 20.7. The average Bonchev–Trinajstić information content (AvgIpc) is 2.93. The van der Waals surface area contributed by atoms with E-state index in [1.54, 1.807) is 0 Å². The van der Waals surface area contributed by atoms with Crippen molar-refractivity contribution < 1.29 is 22.7 Å². The number of carboxylic acid groups (broad SMARTS) is 2. The standard InChI is InChI=1S/2C18H36O2.Mg.Pb.4H/c2*1-2-3-4-5-6-7-8-9-10-11-12-13-14-15-16-17-18(19)20;;;;;;/h2*2-17H2,1H3,(H,19,20);;;;;;/q;;+2;;;;2*-1. The van der Waals surface area contributed by atoms with Gasteiger partial charge in [-0.3, -0.25) is 9.59 Å². The molecule has 0 atom stereocenters. The average molecular weight is 805 g/mol. The van der Waals surface area contributed by atoms with Gasteiger partial charge in [0.05, 0.1) is 0 Å². The van der Waals surface area contributed by atoms with Gasteiger partial charge in [0.15, 0.2) is 0 Å². The Bertz CT molecular complexity index is 473. The first kappa shape index (κ1) is 49.5. The van der Waals surface area contributed by atoms with Crippen LogP contribution in [0.3, 0.4) is 0 Å². The third-order valence-electron chi connectivity index (χ3n) is 7.99. The monoisotopic (exact) mass is 805 g/mol. The predicted molar refractivity (Wildman–Crippen MR) is 191 cm³/mol. The van der Waals surface area contributed by atoms with Crippen LogP contribution < -0.4 is 0 Å². The minimum atomic E-state index is -0.653. The van der Waals surface area contributed by atoms with Crippen molar-refractivity contribution in [3.05, 3.63) is 0 Å². The van der Waals surface area contributed by atoms with Crippen molar-refractivity contribution in [1.82, 2.24) is 0 Å². The van der Waals surface area contributed by atoms with Crippen molar-refractivity contribution in [3.8, 4) is 0 Å². The van der Waals surface area contributed by atoms with Crippen LogP contribution in [-0.2, 0) is 9.59 Å². The van der Waals surface area contributed by atoms with E-state index in [-0.39, 0.29) is 53.2 Å². The quantitative estimate of drug-likeness (QED) is 0.0525. The number of carboxylic acids is 2. The molecule has 0 saturated heterocycles. The Morgan fingerprint density at radius 2 is 0.500 bits per heavy atom. The summed E-state index contributed by atoms with van der Waals surface area (Å²) in [6, 6.07) is 0. The molecular weight excluding hydrogens is 728 g/mol. The molecular formula is C36H76MgO4Pb. The molecule has 0 amide bonds. The number of unbranched alkanes of at least 4 members (excludes halogenated alkanes) is 28. The Hall–Kier alpha value is 0.628. The van der Waals surface area contributed by atoms with Crippen LogP contribution in [0.15, 0.2) is 0 Å². The molecule has 0 aliphatic carbocycles. The Morgan fingerprint density at radius 1 is 0.357 bits per heavy atom. The molecule has 250 valence electrons. The second kappa shape index (κ2) is 46.1. The van der Waals surface area contributed by atoms with Crippen molar-refractivity contribution in [2.45, 2.75) is 219 Å². The number of aliphatic carboxylic acids is 2. The van der Waals surface area contributed by atoms with Crippen molar-refractivity contribution in [2.24, 2.45) is 0 Å². The van der Waals surface area contributed by atoms with E-state index in [0.29, 0.717) is 12.8 Å². The van der Waals surface area contributed by atoms with Gasteiger partial charge in [0.1, 0.15) is 0 Å². The van der Waals surface area contributed by atoms with Gasteiger partial charge in [0.2, 0.25) is 0 Å². The molecule has 42 heavy (non-hydrogen) atoms. The number of rotatable bonds is 32. The first-order chi connectivity index (χ1) is 19.5. The van der Waals surface area contributed by atoms with Gasteiger partial charge >= 0.3 is 62.3 Å². The van der Waals surface area contributed by atoms with Gasteiger partial charge in [-0.1, -0.05) is 194 Å². The fraction of sp³-hybridized carbons (Fsp3) is 0.944. The van der Waals surface area contributed by atoms with Crippen molar-refractivity contribution in [1.29, 1.82) is 0 Å². The van der Waals surface area contributed by atoms with Gasteiger partial charge in [-0.25, -0.2) is 0 Å². The van der Waals surface area contributed by atoms with Crippen molar-refractivity contribution in [3.63, 3.8) is 0 Å². The van der Waals surface area contributed by atoms with Crippen molar-refractivity contribution in [2.75, 3.05) is 0 Å². The van der Waals surface area contributed by atoms with Gasteiger partial charge < -0.3 is 13.1 Å². The topological polar surface area (TPSA) is 74.6 Å². The summed E-state index contributed by atoms with van der Waals surface area (Å²) < 4.78 is 0. The van der Waals surface area contributed by atoms with Gasteiger partial charge in [-0.2, -0.15) is 0 Å². The van der Waals surface area contributed by atoms with E-state index in [0.717, 1.165) is 25.7 Å². The van der Waals surface area contributed by atoms with E-state index in [2.05, 4.69) is 13.8 Å². The van der Waals surface area contributed by atoms with Gasteiger partial charge in [0, 0.05) is 12.8 Å². The van der Waals surface area contributed by atoms with E-state index >= 15 is 0 Å². The minimum absolute atomic E-state index is 0. The molecule has 0 spiro atoms. The van der Waals surface area contributed by atoms with Gasteiger partial charge in [-0.05, 0) is 12.8 Å². The molecule has 0 aromatic carbocycles. The summed E-state index contributed by atoms with van der Waals surface area (Å²) in [6.07, 6.45) is 40.4. The van der Waals surface area contributed by atoms with Crippen LogP contribution in [0.2, 0.25) is 0 Å². The molecule has 0 rings (SSSR count).